The minimum atomic E-state index is -2.87. The molecule has 1 atom stereocenters. The first-order chi connectivity index (χ1) is 7.42. The third kappa shape index (κ3) is 4.47. The monoisotopic (exact) mass is 245 g/mol. The fraction of sp³-hybridized carbons (Fsp3) is 0.900. The van der Waals surface area contributed by atoms with Crippen LogP contribution in [0.5, 0.6) is 0 Å². The summed E-state index contributed by atoms with van der Waals surface area (Å²) in [5.41, 5.74) is 0. The predicted octanol–water partition coefficient (Wildman–Crippen LogP) is -0.439. The van der Waals surface area contributed by atoms with Crippen LogP contribution in [0.2, 0.25) is 0 Å². The van der Waals surface area contributed by atoms with Crippen LogP contribution in [0.4, 0.5) is 0 Å². The Morgan fingerprint density at radius 2 is 1.88 bits per heavy atom. The highest BCUT2D eigenvalue weighted by atomic mass is 32.2. The molecule has 1 aliphatic rings. The molecule has 1 unspecified atom stereocenters. The Morgan fingerprint density at radius 3 is 2.31 bits per heavy atom. The summed E-state index contributed by atoms with van der Waals surface area (Å²) in [7, 11) is -2.87. The van der Waals surface area contributed by atoms with Gasteiger partial charge in [-0.3, -0.25) is 9.80 Å². The van der Waals surface area contributed by atoms with Crippen LogP contribution in [0, 0.1) is 11.3 Å². The van der Waals surface area contributed by atoms with Gasteiger partial charge in [0.25, 0.3) is 0 Å². The molecule has 0 saturated carbocycles. The highest BCUT2D eigenvalue weighted by Gasteiger charge is 2.21. The van der Waals surface area contributed by atoms with Crippen molar-refractivity contribution in [1.29, 1.82) is 5.26 Å². The Kier molecular flexibility index (Phi) is 4.71. The minimum Gasteiger partial charge on any atom is -0.300 e. The number of nitriles is 1. The van der Waals surface area contributed by atoms with Crippen molar-refractivity contribution in [2.45, 2.75) is 13.0 Å². The van der Waals surface area contributed by atoms with Crippen LogP contribution in [0.25, 0.3) is 0 Å². The van der Waals surface area contributed by atoms with Crippen LogP contribution < -0.4 is 0 Å². The second-order valence-electron chi connectivity index (χ2n) is 4.31. The summed E-state index contributed by atoms with van der Waals surface area (Å²) in [6, 6.07) is 2.17. The first-order valence-electron chi connectivity index (χ1n) is 5.46. The SMILES string of the molecule is CC(C#N)N1CCN(CCS(C)(=O)=O)CC1. The largest absolute Gasteiger partial charge is 0.300 e. The third-order valence-corrected chi connectivity index (χ3v) is 3.84. The molecular formula is C10H19N3O2S. The lowest BCUT2D eigenvalue weighted by Crippen LogP contribution is -2.50. The van der Waals surface area contributed by atoms with E-state index in [4.69, 9.17) is 5.26 Å². The number of rotatable bonds is 4. The second-order valence-corrected chi connectivity index (χ2v) is 6.57. The highest BCUT2D eigenvalue weighted by molar-refractivity contribution is 7.90. The molecule has 0 aromatic heterocycles. The van der Waals surface area contributed by atoms with E-state index in [-0.39, 0.29) is 11.8 Å². The molecule has 16 heavy (non-hydrogen) atoms. The van der Waals surface area contributed by atoms with Gasteiger partial charge in [-0.1, -0.05) is 0 Å². The molecule has 0 N–H and O–H groups in total. The summed E-state index contributed by atoms with van der Waals surface area (Å²) in [5.74, 6) is 0.223. The molecule has 0 bridgehead atoms. The van der Waals surface area contributed by atoms with Crippen molar-refractivity contribution in [2.75, 3.05) is 44.7 Å². The van der Waals surface area contributed by atoms with Gasteiger partial charge < -0.3 is 0 Å². The summed E-state index contributed by atoms with van der Waals surface area (Å²) in [5, 5.41) is 8.78. The lowest BCUT2D eigenvalue weighted by molar-refractivity contribution is 0.124. The van der Waals surface area contributed by atoms with Gasteiger partial charge in [-0.05, 0) is 6.92 Å². The standard InChI is InChI=1S/C10H19N3O2S/c1-10(9-11)13-5-3-12(4-6-13)7-8-16(2,14)15/h10H,3-8H2,1-2H3. The van der Waals surface area contributed by atoms with Crippen LogP contribution in [-0.4, -0.2) is 69.0 Å². The van der Waals surface area contributed by atoms with E-state index in [2.05, 4.69) is 15.9 Å². The van der Waals surface area contributed by atoms with Gasteiger partial charge in [0.15, 0.2) is 0 Å². The Hall–Kier alpha value is -0.640. The molecule has 1 rings (SSSR count). The topological polar surface area (TPSA) is 64.4 Å². The molecule has 92 valence electrons. The highest BCUT2D eigenvalue weighted by Crippen LogP contribution is 2.05. The van der Waals surface area contributed by atoms with Crippen LogP contribution in [-0.2, 0) is 9.84 Å². The van der Waals surface area contributed by atoms with Crippen molar-refractivity contribution >= 4 is 9.84 Å². The molecule has 0 spiro atoms. The van der Waals surface area contributed by atoms with E-state index in [9.17, 15) is 8.42 Å². The van der Waals surface area contributed by atoms with Crippen LogP contribution >= 0.6 is 0 Å². The zero-order valence-electron chi connectivity index (χ0n) is 9.89. The second kappa shape index (κ2) is 5.62. The van der Waals surface area contributed by atoms with Crippen molar-refractivity contribution in [3.8, 4) is 6.07 Å². The lowest BCUT2D eigenvalue weighted by atomic mass is 10.2. The number of sulfone groups is 1. The van der Waals surface area contributed by atoms with Gasteiger partial charge >= 0.3 is 0 Å². The maximum Gasteiger partial charge on any atom is 0.148 e. The molecule has 5 nitrogen and oxygen atoms in total. The van der Waals surface area contributed by atoms with Gasteiger partial charge in [-0.2, -0.15) is 5.26 Å². The van der Waals surface area contributed by atoms with Crippen LogP contribution in [0.15, 0.2) is 0 Å². The summed E-state index contributed by atoms with van der Waals surface area (Å²) >= 11 is 0. The normalized spacial score (nSPS) is 21.6. The molecule has 0 amide bonds. The number of nitrogens with zero attached hydrogens (tertiary/aromatic N) is 3. The number of hydrogen-bond donors (Lipinski definition) is 0. The smallest absolute Gasteiger partial charge is 0.148 e. The van der Waals surface area contributed by atoms with Crippen LogP contribution in [0.3, 0.4) is 0 Å². The Balaban J connectivity index is 2.30. The van der Waals surface area contributed by atoms with Crippen molar-refractivity contribution in [2.24, 2.45) is 0 Å². The third-order valence-electron chi connectivity index (χ3n) is 2.92. The van der Waals surface area contributed by atoms with Gasteiger partial charge in [-0.15, -0.1) is 0 Å². The fourth-order valence-electron chi connectivity index (χ4n) is 1.75. The average molecular weight is 245 g/mol. The van der Waals surface area contributed by atoms with E-state index in [1.54, 1.807) is 0 Å². The predicted molar refractivity (Wildman–Crippen MR) is 62.8 cm³/mol. The molecule has 0 radical (unpaired) electrons. The molecule has 0 aliphatic carbocycles. The molecule has 6 heteroatoms. The lowest BCUT2D eigenvalue weighted by Gasteiger charge is -2.35. The zero-order valence-corrected chi connectivity index (χ0v) is 10.7. The van der Waals surface area contributed by atoms with E-state index in [1.165, 1.54) is 6.26 Å². The molecule has 0 aromatic rings. The zero-order chi connectivity index (χ0) is 12.2. The fourth-order valence-corrected chi connectivity index (χ4v) is 2.34. The van der Waals surface area contributed by atoms with Crippen molar-refractivity contribution in [3.63, 3.8) is 0 Å². The molecule has 1 fully saturated rings. The van der Waals surface area contributed by atoms with E-state index >= 15 is 0 Å². The van der Waals surface area contributed by atoms with Gasteiger partial charge in [0, 0.05) is 39.0 Å². The molecule has 1 heterocycles. The van der Waals surface area contributed by atoms with Crippen LogP contribution in [0.1, 0.15) is 6.92 Å². The maximum atomic E-state index is 11.0. The van der Waals surface area contributed by atoms with Gasteiger partial charge in [0.05, 0.1) is 17.9 Å². The molecule has 0 aromatic carbocycles. The van der Waals surface area contributed by atoms with Gasteiger partial charge in [0.2, 0.25) is 0 Å². The van der Waals surface area contributed by atoms with E-state index in [0.717, 1.165) is 26.2 Å². The first-order valence-corrected chi connectivity index (χ1v) is 7.52. The first kappa shape index (κ1) is 13.4. The average Bonchev–Trinajstić information content (AvgIpc) is 2.25. The maximum absolute atomic E-state index is 11.0. The summed E-state index contributed by atoms with van der Waals surface area (Å²) in [6.07, 6.45) is 1.26. The Bertz CT molecular complexity index is 353. The van der Waals surface area contributed by atoms with Crippen molar-refractivity contribution in [3.05, 3.63) is 0 Å². The van der Waals surface area contributed by atoms with Crippen molar-refractivity contribution < 1.29 is 8.42 Å². The summed E-state index contributed by atoms with van der Waals surface area (Å²) in [4.78, 5) is 4.26. The van der Waals surface area contributed by atoms with E-state index in [0.29, 0.717) is 6.54 Å². The Morgan fingerprint density at radius 1 is 1.31 bits per heavy atom. The number of hydrogen-bond acceptors (Lipinski definition) is 5. The minimum absolute atomic E-state index is 0.0444. The van der Waals surface area contributed by atoms with Gasteiger partial charge in [0.1, 0.15) is 9.84 Å². The molecule has 1 aliphatic heterocycles. The quantitative estimate of drug-likeness (QED) is 0.672. The molecule has 1 saturated heterocycles. The van der Waals surface area contributed by atoms with Gasteiger partial charge in [-0.25, -0.2) is 8.42 Å². The van der Waals surface area contributed by atoms with E-state index in [1.807, 2.05) is 6.92 Å². The van der Waals surface area contributed by atoms with E-state index < -0.39 is 9.84 Å². The molecular weight excluding hydrogens is 226 g/mol. The van der Waals surface area contributed by atoms with Crippen molar-refractivity contribution in [1.82, 2.24) is 9.80 Å². The Labute approximate surface area is 97.6 Å². The summed E-state index contributed by atoms with van der Waals surface area (Å²) in [6.45, 7) is 5.89. The summed E-state index contributed by atoms with van der Waals surface area (Å²) < 4.78 is 22.0. The number of piperazine rings is 1.